The molecular formula is C23H28N2O3S. The largest absolute Gasteiger partial charge is 0.365 e. The zero-order chi connectivity index (χ0) is 20.4. The van der Waals surface area contributed by atoms with Gasteiger partial charge in [-0.05, 0) is 57.1 Å². The third kappa shape index (κ3) is 3.96. The summed E-state index contributed by atoms with van der Waals surface area (Å²) >= 11 is 1.48. The highest BCUT2D eigenvalue weighted by Gasteiger charge is 2.39. The van der Waals surface area contributed by atoms with Gasteiger partial charge in [0.05, 0.1) is 5.56 Å². The van der Waals surface area contributed by atoms with Crippen LogP contribution < -0.4 is 5.32 Å². The first-order valence-electron chi connectivity index (χ1n) is 10.4. The number of ether oxygens (including phenoxy) is 1. The number of carbonyl (C=O) groups is 2. The Bertz CT molecular complexity index is 894. The molecule has 6 heteroatoms. The molecule has 0 radical (unpaired) electrons. The molecule has 0 aliphatic carbocycles. The van der Waals surface area contributed by atoms with Crippen LogP contribution in [-0.2, 0) is 9.53 Å². The van der Waals surface area contributed by atoms with Crippen LogP contribution in [0.15, 0.2) is 30.3 Å². The molecule has 1 aromatic carbocycles. The molecule has 1 atom stereocenters. The van der Waals surface area contributed by atoms with E-state index in [1.165, 1.54) is 17.8 Å². The molecule has 4 rings (SSSR count). The van der Waals surface area contributed by atoms with Gasteiger partial charge in [0.25, 0.3) is 11.8 Å². The van der Waals surface area contributed by atoms with Crippen LogP contribution in [0.2, 0.25) is 0 Å². The van der Waals surface area contributed by atoms with Gasteiger partial charge in [-0.3, -0.25) is 9.59 Å². The fourth-order valence-corrected chi connectivity index (χ4v) is 5.37. The van der Waals surface area contributed by atoms with E-state index >= 15 is 0 Å². The number of rotatable bonds is 4. The Kier molecular flexibility index (Phi) is 5.74. The van der Waals surface area contributed by atoms with Crippen molar-refractivity contribution in [2.24, 2.45) is 0 Å². The lowest BCUT2D eigenvalue weighted by molar-refractivity contribution is -0.133. The number of hydrogen-bond acceptors (Lipinski definition) is 4. The van der Waals surface area contributed by atoms with Crippen LogP contribution in [0.3, 0.4) is 0 Å². The van der Waals surface area contributed by atoms with Crippen LogP contribution in [0.4, 0.5) is 5.00 Å². The first-order valence-corrected chi connectivity index (χ1v) is 11.2. The molecule has 5 nitrogen and oxygen atoms in total. The van der Waals surface area contributed by atoms with Crippen molar-refractivity contribution in [3.63, 3.8) is 0 Å². The van der Waals surface area contributed by atoms with Crippen LogP contribution >= 0.6 is 11.3 Å². The fourth-order valence-electron chi connectivity index (χ4n) is 4.17. The van der Waals surface area contributed by atoms with Gasteiger partial charge in [0.2, 0.25) is 0 Å². The molecule has 2 amide bonds. The van der Waals surface area contributed by atoms with Gasteiger partial charge in [-0.2, -0.15) is 0 Å². The van der Waals surface area contributed by atoms with E-state index < -0.39 is 5.60 Å². The third-order valence-electron chi connectivity index (χ3n) is 5.97. The Balaban J connectivity index is 1.71. The monoisotopic (exact) mass is 412 g/mol. The minimum Gasteiger partial charge on any atom is -0.365 e. The molecule has 2 aliphatic rings. The Morgan fingerprint density at radius 1 is 1.10 bits per heavy atom. The number of nitrogens with one attached hydrogen (secondary N) is 1. The molecule has 1 aromatic heterocycles. The molecule has 0 saturated carbocycles. The van der Waals surface area contributed by atoms with Gasteiger partial charge < -0.3 is 15.0 Å². The Morgan fingerprint density at radius 3 is 2.48 bits per heavy atom. The molecule has 2 aromatic rings. The van der Waals surface area contributed by atoms with Crippen LogP contribution in [-0.4, -0.2) is 42.0 Å². The molecule has 2 aliphatic heterocycles. The van der Waals surface area contributed by atoms with Crippen molar-refractivity contribution < 1.29 is 14.3 Å². The van der Waals surface area contributed by atoms with Gasteiger partial charge in [0.15, 0.2) is 0 Å². The Morgan fingerprint density at radius 2 is 1.83 bits per heavy atom. The van der Waals surface area contributed by atoms with Gasteiger partial charge >= 0.3 is 0 Å². The van der Waals surface area contributed by atoms with E-state index in [4.69, 9.17) is 4.74 Å². The van der Waals surface area contributed by atoms with E-state index in [2.05, 4.69) is 5.32 Å². The number of thiophene rings is 1. The van der Waals surface area contributed by atoms with Crippen molar-refractivity contribution in [3.05, 3.63) is 41.5 Å². The SMILES string of the molecule is Cc1c(-c2ccccc2)sc(NC(=O)C2(C)CCCO2)c1C(=O)N1CCCCC1. The summed E-state index contributed by atoms with van der Waals surface area (Å²) in [5.41, 5.74) is 1.80. The maximum Gasteiger partial charge on any atom is 0.257 e. The molecule has 29 heavy (non-hydrogen) atoms. The van der Waals surface area contributed by atoms with Crippen LogP contribution in [0.1, 0.15) is 54.9 Å². The average molecular weight is 413 g/mol. The van der Waals surface area contributed by atoms with E-state index in [1.807, 2.05) is 49.1 Å². The number of hydrogen-bond donors (Lipinski definition) is 1. The second-order valence-electron chi connectivity index (χ2n) is 8.12. The zero-order valence-corrected chi connectivity index (χ0v) is 17.9. The molecule has 1 unspecified atom stereocenters. The van der Waals surface area contributed by atoms with Gasteiger partial charge in [-0.25, -0.2) is 0 Å². The van der Waals surface area contributed by atoms with E-state index in [9.17, 15) is 9.59 Å². The Labute approximate surface area is 176 Å². The number of carbonyl (C=O) groups excluding carboxylic acids is 2. The fraction of sp³-hybridized carbons (Fsp3) is 0.478. The minimum absolute atomic E-state index is 0.0217. The molecule has 3 heterocycles. The zero-order valence-electron chi connectivity index (χ0n) is 17.1. The summed E-state index contributed by atoms with van der Waals surface area (Å²) in [6.45, 7) is 5.98. The maximum atomic E-state index is 13.4. The van der Waals surface area contributed by atoms with E-state index in [0.717, 1.165) is 48.4 Å². The van der Waals surface area contributed by atoms with Crippen LogP contribution in [0.25, 0.3) is 10.4 Å². The summed E-state index contributed by atoms with van der Waals surface area (Å²) in [7, 11) is 0. The molecule has 154 valence electrons. The topological polar surface area (TPSA) is 58.6 Å². The standard InChI is InChI=1S/C23H28N2O3S/c1-16-18(21(26)25-13-7-4-8-14-25)20(24-22(27)23(2)12-9-15-28-23)29-19(16)17-10-5-3-6-11-17/h3,5-6,10-11H,4,7-9,12-15H2,1-2H3,(H,24,27). The number of nitrogens with zero attached hydrogens (tertiary/aromatic N) is 1. The molecule has 2 fully saturated rings. The second-order valence-corrected chi connectivity index (χ2v) is 9.14. The van der Waals surface area contributed by atoms with Crippen molar-refractivity contribution in [2.75, 3.05) is 25.0 Å². The van der Waals surface area contributed by atoms with Gasteiger partial charge in [-0.1, -0.05) is 30.3 Å². The predicted molar refractivity (Wildman–Crippen MR) is 116 cm³/mol. The highest BCUT2D eigenvalue weighted by molar-refractivity contribution is 7.20. The first-order chi connectivity index (χ1) is 14.0. The van der Waals surface area contributed by atoms with Gasteiger partial charge in [0.1, 0.15) is 10.6 Å². The summed E-state index contributed by atoms with van der Waals surface area (Å²) in [6, 6.07) is 10.0. The van der Waals surface area contributed by atoms with Crippen LogP contribution in [0.5, 0.6) is 0 Å². The summed E-state index contributed by atoms with van der Waals surface area (Å²) in [5, 5.41) is 3.69. The highest BCUT2D eigenvalue weighted by Crippen LogP contribution is 2.41. The smallest absolute Gasteiger partial charge is 0.257 e. The number of amides is 2. The van der Waals surface area contributed by atoms with Gasteiger partial charge in [-0.15, -0.1) is 11.3 Å². The summed E-state index contributed by atoms with van der Waals surface area (Å²) in [5.74, 6) is -0.142. The molecule has 0 bridgehead atoms. The normalized spacial score (nSPS) is 21.9. The number of anilines is 1. The van der Waals surface area contributed by atoms with E-state index in [0.29, 0.717) is 23.6 Å². The quantitative estimate of drug-likeness (QED) is 0.780. The highest BCUT2D eigenvalue weighted by atomic mass is 32.1. The predicted octanol–water partition coefficient (Wildman–Crippen LogP) is 4.86. The number of piperidine rings is 1. The lowest BCUT2D eigenvalue weighted by atomic mass is 10.0. The Hall–Kier alpha value is -2.18. The van der Waals surface area contributed by atoms with E-state index in [1.54, 1.807) is 0 Å². The van der Waals surface area contributed by atoms with Crippen molar-refractivity contribution in [2.45, 2.75) is 51.6 Å². The van der Waals surface area contributed by atoms with Crippen molar-refractivity contribution in [1.82, 2.24) is 4.90 Å². The van der Waals surface area contributed by atoms with Crippen LogP contribution in [0, 0.1) is 6.92 Å². The van der Waals surface area contributed by atoms with E-state index in [-0.39, 0.29) is 11.8 Å². The molecule has 0 spiro atoms. The average Bonchev–Trinajstić information content (AvgIpc) is 3.33. The minimum atomic E-state index is -0.823. The lowest BCUT2D eigenvalue weighted by Gasteiger charge is -2.27. The summed E-state index contributed by atoms with van der Waals surface area (Å²) in [6.07, 6.45) is 4.81. The second kappa shape index (κ2) is 8.28. The summed E-state index contributed by atoms with van der Waals surface area (Å²) in [4.78, 5) is 29.4. The molecule has 2 saturated heterocycles. The lowest BCUT2D eigenvalue weighted by Crippen LogP contribution is -2.40. The first kappa shape index (κ1) is 20.1. The third-order valence-corrected chi connectivity index (χ3v) is 7.22. The molecule has 1 N–H and O–H groups in total. The maximum absolute atomic E-state index is 13.4. The molecular weight excluding hydrogens is 384 g/mol. The summed E-state index contributed by atoms with van der Waals surface area (Å²) < 4.78 is 5.71. The van der Waals surface area contributed by atoms with Crippen molar-refractivity contribution in [3.8, 4) is 10.4 Å². The van der Waals surface area contributed by atoms with Gasteiger partial charge in [0, 0.05) is 24.6 Å². The number of benzene rings is 1. The van der Waals surface area contributed by atoms with Crippen molar-refractivity contribution >= 4 is 28.2 Å². The number of likely N-dealkylation sites (tertiary alicyclic amines) is 1. The van der Waals surface area contributed by atoms with Crippen molar-refractivity contribution in [1.29, 1.82) is 0 Å².